The number of aliphatic carboxylic acids is 4. The maximum atomic E-state index is 10.0. The molecule has 0 aromatic rings. The second kappa shape index (κ2) is 40.2. The number of carboxylic acids is 4. The van der Waals surface area contributed by atoms with E-state index in [0.29, 0.717) is 0 Å². The molecule has 0 aromatic carbocycles. The molecule has 19 heteroatoms. The van der Waals surface area contributed by atoms with E-state index in [1.54, 1.807) is 20.8 Å². The van der Waals surface area contributed by atoms with Crippen LogP contribution in [0.1, 0.15) is 69.2 Å². The fourth-order valence-corrected chi connectivity index (χ4v) is 0.436. The quantitative estimate of drug-likeness (QED) is 0.0986. The second-order valence-electron chi connectivity index (χ2n) is 7.84. The number of hydrogen-bond acceptors (Lipinski definition) is 19. The largest absolute Gasteiger partial charge is 4.00 e. The van der Waals surface area contributed by atoms with Gasteiger partial charge >= 0.3 is 13.4 Å². The molecule has 0 aliphatic rings. The van der Waals surface area contributed by atoms with Gasteiger partial charge in [0.25, 0.3) is 6.47 Å². The van der Waals surface area contributed by atoms with Crippen molar-refractivity contribution in [2.75, 3.05) is 6.61 Å². The Morgan fingerprint density at radius 2 is 0.844 bits per heavy atom. The number of carbonyl (C=O) groups excluding carboxylic acids is 7. The van der Waals surface area contributed by atoms with Gasteiger partial charge in [-0.1, -0.05) is 0 Å². The molecule has 0 bridgehead atoms. The van der Waals surface area contributed by atoms with Crippen molar-refractivity contribution < 1.29 is 94.1 Å². The molecule has 264 valence electrons. The summed E-state index contributed by atoms with van der Waals surface area (Å²) >= 11 is 0. The minimum Gasteiger partial charge on any atom is -0.547 e. The first kappa shape index (κ1) is 60.4. The Labute approximate surface area is 262 Å². The van der Waals surface area contributed by atoms with Crippen molar-refractivity contribution in [3.63, 3.8) is 0 Å². The van der Waals surface area contributed by atoms with Gasteiger partial charge in [0.2, 0.25) is 0 Å². The van der Waals surface area contributed by atoms with Gasteiger partial charge in [0.1, 0.15) is 18.3 Å². The summed E-state index contributed by atoms with van der Waals surface area (Å²) in [5.74, 6) is -6.45. The fourth-order valence-electron chi connectivity index (χ4n) is 0.436. The van der Waals surface area contributed by atoms with Crippen molar-refractivity contribution >= 4 is 42.1 Å². The number of carbonyl (C=O) groups is 7. The fraction of sp³-hybridized carbons (Fsp3) is 0.692. The van der Waals surface area contributed by atoms with Crippen LogP contribution in [0.3, 0.4) is 0 Å². The van der Waals surface area contributed by atoms with E-state index in [1.165, 1.54) is 27.7 Å². The number of hydrogen-bond donors (Lipinski definition) is 6. The molecule has 0 spiro atoms. The van der Waals surface area contributed by atoms with Crippen LogP contribution in [0.2, 0.25) is 0 Å². The Kier molecular flexibility index (Phi) is 54.1. The molecule has 45 heavy (non-hydrogen) atoms. The average Bonchev–Trinajstić information content (AvgIpc) is 2.85. The van der Waals surface area contributed by atoms with Gasteiger partial charge in [-0.15, -0.1) is 0 Å². The predicted octanol–water partition coefficient (Wildman–Crippen LogP) is -7.00. The Balaban J connectivity index is -0.0000000599. The van der Waals surface area contributed by atoms with Gasteiger partial charge in [0, 0.05) is 13.5 Å². The molecule has 0 saturated carbocycles. The molecule has 0 saturated heterocycles. The molecule has 0 aliphatic heterocycles. The van der Waals surface area contributed by atoms with Crippen LogP contribution in [0.4, 0.5) is 0 Å². The summed E-state index contributed by atoms with van der Waals surface area (Å²) < 4.78 is 8.17. The summed E-state index contributed by atoms with van der Waals surface area (Å²) in [6.45, 7) is 13.7. The first-order valence-electron chi connectivity index (χ1n) is 12.3. The Morgan fingerprint density at radius 3 is 0.889 bits per heavy atom. The molecule has 7 atom stereocenters. The van der Waals surface area contributed by atoms with Crippen LogP contribution in [0.25, 0.3) is 0 Å². The van der Waals surface area contributed by atoms with Gasteiger partial charge in [-0.3, -0.25) is 14.4 Å². The monoisotopic (exact) mass is 662 g/mol. The summed E-state index contributed by atoms with van der Waals surface area (Å²) in [7, 11) is 0. The molecule has 0 aliphatic carbocycles. The number of aliphatic hydroxyl groups is 6. The molecule has 0 fully saturated rings. The molecular formula is C26H46O19. The Hall–Kier alpha value is -3.75. The summed E-state index contributed by atoms with van der Waals surface area (Å²) in [4.78, 5) is 67.6. The van der Waals surface area contributed by atoms with Crippen molar-refractivity contribution in [3.8, 4) is 0 Å². The first-order chi connectivity index (χ1) is 19.7. The molecule has 0 aromatic heterocycles. The van der Waals surface area contributed by atoms with E-state index >= 15 is 0 Å². The maximum absolute atomic E-state index is 10.0. The Bertz CT molecular complexity index is 713. The molecule has 7 unspecified atom stereocenters. The molecule has 6 N–H and O–H groups in total. The normalized spacial score (nSPS) is 13.2. The van der Waals surface area contributed by atoms with Gasteiger partial charge in [-0.25, -0.2) is 0 Å². The molecule has 0 amide bonds. The van der Waals surface area contributed by atoms with E-state index in [4.69, 9.17) is 30.6 Å². The summed E-state index contributed by atoms with van der Waals surface area (Å²) in [5.41, 5.74) is 0. The van der Waals surface area contributed by atoms with Crippen molar-refractivity contribution in [1.82, 2.24) is 0 Å². The van der Waals surface area contributed by atoms with Crippen LogP contribution in [0.5, 0.6) is 0 Å². The first-order valence-corrected chi connectivity index (χ1v) is 12.3. The third-order valence-corrected chi connectivity index (χ3v) is 3.23. The van der Waals surface area contributed by atoms with Crippen LogP contribution < -0.4 is 20.4 Å². The average molecular weight is 663 g/mol. The third kappa shape index (κ3) is 79.3. The molecule has 0 rings (SSSR count). The van der Waals surface area contributed by atoms with Crippen LogP contribution in [0.15, 0.2) is 0 Å². The van der Waals surface area contributed by atoms with E-state index in [0.717, 1.165) is 20.8 Å². The predicted molar refractivity (Wildman–Crippen MR) is 143 cm³/mol. The van der Waals surface area contributed by atoms with Gasteiger partial charge < -0.3 is 79.7 Å². The summed E-state index contributed by atoms with van der Waals surface area (Å²) in [5, 5.41) is 86.8. The molecule has 0 radical (unpaired) electrons. The zero-order chi connectivity index (χ0) is 37.3. The minimum atomic E-state index is -1.44. The second-order valence-corrected chi connectivity index (χ2v) is 7.84. The van der Waals surface area contributed by atoms with Crippen molar-refractivity contribution in [1.29, 1.82) is 0 Å². The van der Waals surface area contributed by atoms with Gasteiger partial charge in [0.15, 0.2) is 5.78 Å². The van der Waals surface area contributed by atoms with E-state index in [1.807, 2.05) is 0 Å². The number of carboxylic acid groups (broad SMARTS) is 4. The maximum Gasteiger partial charge on any atom is 4.00 e. The zero-order valence-corrected chi connectivity index (χ0v) is 26.8. The zero-order valence-electron chi connectivity index (χ0n) is 26.8. The number of aliphatic hydroxyl groups excluding tert-OH is 6. The molecule has 0 heterocycles. The van der Waals surface area contributed by atoms with Gasteiger partial charge in [0.05, 0.1) is 48.3 Å². The number of rotatable bonds is 9. The van der Waals surface area contributed by atoms with Crippen LogP contribution >= 0.6 is 0 Å². The standard InChI is InChI=1S/C5H8O4.C4H6O4.C4H10O2.C4H8O2.2C3H6O3.C2H6O.C/c1-3(5(7)8)9-4(2)6;1-3(4(6)7)8-2-5;2*1-3(5)4(2)6;2*1-2(4)3(5)6;1-2-3;/h3H,1-2H3,(H,7,8);2-3H,1H3,(H,6,7);3-6H,1-2H3;3,5H,1-2H3;2*2,4H,1H3,(H,5,6);3H,2H2,1H3;/q;;;;;;;+4/p-4. The van der Waals surface area contributed by atoms with Gasteiger partial charge in [-0.2, -0.15) is 0 Å². The number of ether oxygens (including phenoxy) is 2. The van der Waals surface area contributed by atoms with Crippen molar-refractivity contribution in [3.05, 3.63) is 7.43 Å². The van der Waals surface area contributed by atoms with E-state index in [2.05, 4.69) is 9.47 Å². The summed E-state index contributed by atoms with van der Waals surface area (Å²) in [6, 6.07) is 0. The smallest absolute Gasteiger partial charge is 0.547 e. The minimum absolute atomic E-state index is 0. The van der Waals surface area contributed by atoms with Gasteiger partial charge in [-0.05, 0) is 62.3 Å². The van der Waals surface area contributed by atoms with Crippen molar-refractivity contribution in [2.24, 2.45) is 0 Å². The summed E-state index contributed by atoms with van der Waals surface area (Å²) in [6.07, 6.45) is -6.95. The van der Waals surface area contributed by atoms with Crippen LogP contribution in [-0.2, 0) is 43.0 Å². The van der Waals surface area contributed by atoms with E-state index in [9.17, 15) is 54.0 Å². The molecular weight excluding hydrogens is 616 g/mol. The number of ketones is 1. The van der Waals surface area contributed by atoms with E-state index in [-0.39, 0.29) is 26.3 Å². The molecule has 19 nitrogen and oxygen atoms in total. The third-order valence-electron chi connectivity index (χ3n) is 3.23. The SMILES string of the molecule is CC(=O)C(C)O.CC(=O)OC(C)C(=O)[O-].CC(O)C(=O)[O-].CC(O)C(=O)[O-].CC(O)C(C)O.CC(OC=O)C(=O)[O-].CCO.[C+4]. The topological polar surface area (TPSA) is 352 Å². The number of esters is 1. The number of Topliss-reactive ketones (excluding diaryl/α,β-unsaturated/α-hetero) is 1. The Morgan fingerprint density at radius 1 is 0.622 bits per heavy atom. The van der Waals surface area contributed by atoms with Crippen molar-refractivity contribution in [2.45, 2.75) is 112 Å². The van der Waals surface area contributed by atoms with E-state index < -0.39 is 72.6 Å². The van der Waals surface area contributed by atoms with Crippen LogP contribution in [-0.4, -0.2) is 122 Å². The van der Waals surface area contributed by atoms with Crippen LogP contribution in [0, 0.1) is 7.43 Å².